The lowest BCUT2D eigenvalue weighted by atomic mass is 9.87. The Bertz CT molecular complexity index is 796. The Kier molecular flexibility index (Phi) is 3.97. The van der Waals surface area contributed by atoms with Crippen molar-refractivity contribution >= 4 is 22.4 Å². The minimum absolute atomic E-state index is 0.102. The Morgan fingerprint density at radius 2 is 2.04 bits per heavy atom. The molecule has 6 heteroatoms. The second kappa shape index (κ2) is 6.26. The summed E-state index contributed by atoms with van der Waals surface area (Å²) in [6, 6.07) is 12.6. The Morgan fingerprint density at radius 3 is 2.83 bits per heavy atom. The molecular formula is C17H18ClN5. The summed E-state index contributed by atoms with van der Waals surface area (Å²) in [7, 11) is 0. The highest BCUT2D eigenvalue weighted by atomic mass is 35.5. The molecule has 1 N–H and O–H groups in total. The third-order valence-electron chi connectivity index (χ3n) is 4.56. The Labute approximate surface area is 139 Å². The first kappa shape index (κ1) is 14.6. The van der Waals surface area contributed by atoms with Gasteiger partial charge in [-0.25, -0.2) is 0 Å². The molecule has 1 aliphatic rings. The molecule has 0 saturated carbocycles. The molecule has 23 heavy (non-hydrogen) atoms. The normalized spacial score (nSPS) is 19.8. The van der Waals surface area contributed by atoms with Gasteiger partial charge in [-0.2, -0.15) is 4.80 Å². The summed E-state index contributed by atoms with van der Waals surface area (Å²) in [6.45, 7) is 2.06. The molecule has 2 heterocycles. The van der Waals surface area contributed by atoms with Gasteiger partial charge in [0.15, 0.2) is 6.33 Å². The number of aromatic nitrogens is 4. The highest BCUT2D eigenvalue weighted by Gasteiger charge is 2.28. The number of tetrazole rings is 1. The van der Waals surface area contributed by atoms with Gasteiger partial charge in [-0.15, -0.1) is 10.2 Å². The molecule has 0 amide bonds. The molecule has 1 aromatic heterocycles. The van der Waals surface area contributed by atoms with Crippen LogP contribution in [0.3, 0.4) is 0 Å². The van der Waals surface area contributed by atoms with Crippen molar-refractivity contribution in [3.05, 3.63) is 53.3 Å². The van der Waals surface area contributed by atoms with Gasteiger partial charge >= 0.3 is 0 Å². The van der Waals surface area contributed by atoms with Crippen molar-refractivity contribution in [2.24, 2.45) is 5.92 Å². The molecule has 1 saturated heterocycles. The maximum Gasteiger partial charge on any atom is 0.162 e. The Balaban J connectivity index is 1.77. The number of fused-ring (bicyclic) bond motifs is 1. The minimum atomic E-state index is 0.102. The van der Waals surface area contributed by atoms with Crippen LogP contribution in [0.4, 0.5) is 0 Å². The average molecular weight is 328 g/mol. The molecule has 2 atom stereocenters. The van der Waals surface area contributed by atoms with E-state index in [1.165, 1.54) is 23.7 Å². The van der Waals surface area contributed by atoms with E-state index in [9.17, 15) is 0 Å². The quantitative estimate of drug-likeness (QED) is 0.803. The number of rotatable bonds is 3. The standard InChI is InChI=1S/C17H18ClN5/c18-16-6-5-12-8-14(4-3-13(12)9-16)17(23-21-11-20-22-23)15-2-1-7-19-10-15/h3-6,8-9,11,15,17,19H,1-2,7,10H2/t15?,17-/m0/s1. The molecule has 0 radical (unpaired) electrons. The number of hydrogen-bond donors (Lipinski definition) is 1. The van der Waals surface area contributed by atoms with Gasteiger partial charge in [0.25, 0.3) is 0 Å². The van der Waals surface area contributed by atoms with E-state index >= 15 is 0 Å². The summed E-state index contributed by atoms with van der Waals surface area (Å²) in [5.41, 5.74) is 1.21. The summed E-state index contributed by atoms with van der Waals surface area (Å²) >= 11 is 6.08. The fourth-order valence-electron chi connectivity index (χ4n) is 3.46. The first-order chi connectivity index (χ1) is 11.3. The Hall–Kier alpha value is -1.98. The van der Waals surface area contributed by atoms with Crippen molar-refractivity contribution in [3.8, 4) is 0 Å². The predicted octanol–water partition coefficient (Wildman–Crippen LogP) is 3.07. The lowest BCUT2D eigenvalue weighted by Gasteiger charge is -2.30. The van der Waals surface area contributed by atoms with Gasteiger partial charge in [-0.3, -0.25) is 0 Å². The van der Waals surface area contributed by atoms with Crippen molar-refractivity contribution in [3.63, 3.8) is 0 Å². The number of piperidine rings is 1. The third-order valence-corrected chi connectivity index (χ3v) is 4.80. The van der Waals surface area contributed by atoms with E-state index in [0.29, 0.717) is 5.92 Å². The summed E-state index contributed by atoms with van der Waals surface area (Å²) in [6.07, 6.45) is 3.85. The predicted molar refractivity (Wildman–Crippen MR) is 90.5 cm³/mol. The van der Waals surface area contributed by atoms with Crippen molar-refractivity contribution in [1.82, 2.24) is 25.5 Å². The number of nitrogens with one attached hydrogen (secondary N) is 1. The van der Waals surface area contributed by atoms with Gasteiger partial charge in [0.1, 0.15) is 6.04 Å². The molecular weight excluding hydrogens is 310 g/mol. The van der Waals surface area contributed by atoms with E-state index in [0.717, 1.165) is 29.9 Å². The van der Waals surface area contributed by atoms with E-state index in [4.69, 9.17) is 11.6 Å². The topological polar surface area (TPSA) is 55.6 Å². The van der Waals surface area contributed by atoms with Crippen LogP contribution in [0.25, 0.3) is 10.8 Å². The van der Waals surface area contributed by atoms with E-state index in [2.05, 4.69) is 45.0 Å². The van der Waals surface area contributed by atoms with Crippen molar-refractivity contribution < 1.29 is 0 Å². The second-order valence-electron chi connectivity index (χ2n) is 6.06. The lowest BCUT2D eigenvalue weighted by molar-refractivity contribution is 0.261. The summed E-state index contributed by atoms with van der Waals surface area (Å²) < 4.78 is 0. The highest BCUT2D eigenvalue weighted by molar-refractivity contribution is 6.31. The molecule has 5 nitrogen and oxygen atoms in total. The zero-order chi connectivity index (χ0) is 15.6. The van der Waals surface area contributed by atoms with Crippen LogP contribution < -0.4 is 5.32 Å². The first-order valence-electron chi connectivity index (χ1n) is 7.94. The fourth-order valence-corrected chi connectivity index (χ4v) is 3.64. The summed E-state index contributed by atoms with van der Waals surface area (Å²) in [5, 5.41) is 19.0. The summed E-state index contributed by atoms with van der Waals surface area (Å²) in [5.74, 6) is 0.461. The van der Waals surface area contributed by atoms with Gasteiger partial charge in [0, 0.05) is 11.6 Å². The molecule has 0 spiro atoms. The number of benzene rings is 2. The SMILES string of the molecule is Clc1ccc2cc([C@@H](C3CCCNC3)n3ncnn3)ccc2c1. The van der Waals surface area contributed by atoms with Crippen molar-refractivity contribution in [1.29, 1.82) is 0 Å². The maximum absolute atomic E-state index is 6.08. The number of nitrogens with zero attached hydrogens (tertiary/aromatic N) is 4. The lowest BCUT2D eigenvalue weighted by Crippen LogP contribution is -2.36. The molecule has 118 valence electrons. The fraction of sp³-hybridized carbons (Fsp3) is 0.353. The number of hydrogen-bond acceptors (Lipinski definition) is 4. The molecule has 1 unspecified atom stereocenters. The Morgan fingerprint density at radius 1 is 1.17 bits per heavy atom. The molecule has 1 fully saturated rings. The van der Waals surface area contributed by atoms with E-state index in [1.807, 2.05) is 12.1 Å². The van der Waals surface area contributed by atoms with Crippen LogP contribution in [-0.4, -0.2) is 33.3 Å². The van der Waals surface area contributed by atoms with E-state index < -0.39 is 0 Å². The monoisotopic (exact) mass is 327 g/mol. The smallest absolute Gasteiger partial charge is 0.162 e. The van der Waals surface area contributed by atoms with Crippen LogP contribution in [0.15, 0.2) is 42.7 Å². The van der Waals surface area contributed by atoms with Crippen LogP contribution in [0, 0.1) is 5.92 Å². The van der Waals surface area contributed by atoms with Crippen LogP contribution in [0.5, 0.6) is 0 Å². The average Bonchev–Trinajstić information content (AvgIpc) is 3.10. The first-order valence-corrected chi connectivity index (χ1v) is 8.31. The second-order valence-corrected chi connectivity index (χ2v) is 6.49. The summed E-state index contributed by atoms with van der Waals surface area (Å²) in [4.78, 5) is 1.74. The van der Waals surface area contributed by atoms with E-state index in [1.54, 1.807) is 4.80 Å². The largest absolute Gasteiger partial charge is 0.316 e. The zero-order valence-corrected chi connectivity index (χ0v) is 13.4. The van der Waals surface area contributed by atoms with Crippen LogP contribution in [-0.2, 0) is 0 Å². The van der Waals surface area contributed by atoms with Crippen molar-refractivity contribution in [2.45, 2.75) is 18.9 Å². The molecule has 2 aromatic carbocycles. The van der Waals surface area contributed by atoms with Crippen LogP contribution >= 0.6 is 11.6 Å². The highest BCUT2D eigenvalue weighted by Crippen LogP contribution is 2.32. The molecule has 0 aliphatic carbocycles. The molecule has 0 bridgehead atoms. The van der Waals surface area contributed by atoms with Gasteiger partial charge in [-0.05, 0) is 65.1 Å². The van der Waals surface area contributed by atoms with Gasteiger partial charge < -0.3 is 5.32 Å². The van der Waals surface area contributed by atoms with Gasteiger partial charge in [0.2, 0.25) is 0 Å². The molecule has 3 aromatic rings. The van der Waals surface area contributed by atoms with Crippen molar-refractivity contribution in [2.75, 3.05) is 13.1 Å². The molecule has 4 rings (SSSR count). The number of halogens is 1. The minimum Gasteiger partial charge on any atom is -0.316 e. The van der Waals surface area contributed by atoms with Crippen LogP contribution in [0.2, 0.25) is 5.02 Å². The van der Waals surface area contributed by atoms with Gasteiger partial charge in [0.05, 0.1) is 0 Å². The molecule has 1 aliphatic heterocycles. The van der Waals surface area contributed by atoms with E-state index in [-0.39, 0.29) is 6.04 Å². The third kappa shape index (κ3) is 2.94. The van der Waals surface area contributed by atoms with Gasteiger partial charge in [-0.1, -0.05) is 29.8 Å². The maximum atomic E-state index is 6.08. The zero-order valence-electron chi connectivity index (χ0n) is 12.7. The van der Waals surface area contributed by atoms with Crippen LogP contribution in [0.1, 0.15) is 24.4 Å².